The Kier molecular flexibility index (Phi) is 4.65. The largest absolute Gasteiger partial charge is 0.492 e. The minimum Gasteiger partial charge on any atom is -0.492 e. The quantitative estimate of drug-likeness (QED) is 0.584. The molecule has 0 aliphatic heterocycles. The van der Waals surface area contributed by atoms with E-state index in [9.17, 15) is 4.79 Å². The smallest absolute Gasteiger partial charge is 0.154 e. The van der Waals surface area contributed by atoms with Crippen LogP contribution in [-0.2, 0) is 0 Å². The lowest BCUT2D eigenvalue weighted by Crippen LogP contribution is -2.03. The van der Waals surface area contributed by atoms with Crippen LogP contribution in [0.5, 0.6) is 5.75 Å². The molecule has 0 saturated carbocycles. The Hall–Kier alpha value is -1.48. The van der Waals surface area contributed by atoms with Crippen LogP contribution in [0.4, 0.5) is 0 Å². The van der Waals surface area contributed by atoms with Crippen molar-refractivity contribution in [3.8, 4) is 5.75 Å². The summed E-state index contributed by atoms with van der Waals surface area (Å²) in [4.78, 5) is 11.2. The van der Waals surface area contributed by atoms with E-state index in [0.717, 1.165) is 28.6 Å². The van der Waals surface area contributed by atoms with Crippen LogP contribution in [0.3, 0.4) is 0 Å². The lowest BCUT2D eigenvalue weighted by atomic mass is 10.0. The van der Waals surface area contributed by atoms with Crippen molar-refractivity contribution >= 4 is 28.8 Å². The van der Waals surface area contributed by atoms with Gasteiger partial charge in [0.25, 0.3) is 0 Å². The number of thioether (sulfide) groups is 1. The number of hydrogen-bond donors (Lipinski definition) is 0. The van der Waals surface area contributed by atoms with Gasteiger partial charge in [0, 0.05) is 5.75 Å². The molecule has 0 aliphatic rings. The Morgan fingerprint density at radius 2 is 2.06 bits per heavy atom. The number of fused-ring (bicyclic) bond motifs is 1. The summed E-state index contributed by atoms with van der Waals surface area (Å²) < 4.78 is 5.69. The Bertz CT molecular complexity index is 537. The van der Waals surface area contributed by atoms with Crippen LogP contribution >= 0.6 is 11.8 Å². The Labute approximate surface area is 111 Å². The molecule has 0 fully saturated rings. The highest BCUT2D eigenvalue weighted by molar-refractivity contribution is 7.99. The van der Waals surface area contributed by atoms with Gasteiger partial charge in [-0.2, -0.15) is 11.8 Å². The Morgan fingerprint density at radius 3 is 2.83 bits per heavy atom. The zero-order valence-corrected chi connectivity index (χ0v) is 11.2. The summed E-state index contributed by atoms with van der Waals surface area (Å²) in [5.74, 6) is 2.71. The molecule has 0 unspecified atom stereocenters. The van der Waals surface area contributed by atoms with Crippen molar-refractivity contribution in [2.45, 2.75) is 6.92 Å². The van der Waals surface area contributed by atoms with E-state index in [4.69, 9.17) is 4.74 Å². The third-order valence-corrected chi connectivity index (χ3v) is 3.60. The minimum atomic E-state index is 0.637. The first-order chi connectivity index (χ1) is 8.86. The lowest BCUT2D eigenvalue weighted by Gasteiger charge is -2.10. The molecule has 0 aromatic heterocycles. The molecular formula is C15H16O2S. The van der Waals surface area contributed by atoms with E-state index in [-0.39, 0.29) is 0 Å². The average molecular weight is 260 g/mol. The Morgan fingerprint density at radius 1 is 1.22 bits per heavy atom. The summed E-state index contributed by atoms with van der Waals surface area (Å²) in [6, 6.07) is 11.7. The molecule has 2 aromatic carbocycles. The van der Waals surface area contributed by atoms with Crippen LogP contribution in [-0.4, -0.2) is 24.4 Å². The number of hydrogen-bond acceptors (Lipinski definition) is 3. The summed E-state index contributed by atoms with van der Waals surface area (Å²) in [5, 5.41) is 2.02. The fourth-order valence-corrected chi connectivity index (χ4v) is 2.37. The van der Waals surface area contributed by atoms with E-state index in [1.807, 2.05) is 48.2 Å². The SMILES string of the molecule is CCSCCOc1ccc2ccccc2c1C=O. The van der Waals surface area contributed by atoms with E-state index < -0.39 is 0 Å². The van der Waals surface area contributed by atoms with E-state index >= 15 is 0 Å². The summed E-state index contributed by atoms with van der Waals surface area (Å²) >= 11 is 1.83. The maximum absolute atomic E-state index is 11.2. The van der Waals surface area contributed by atoms with Crippen LogP contribution in [0.2, 0.25) is 0 Å². The number of ether oxygens (including phenoxy) is 1. The number of benzene rings is 2. The molecule has 2 aromatic rings. The number of rotatable bonds is 6. The standard InChI is InChI=1S/C15H16O2S/c1-2-18-10-9-17-15-8-7-12-5-3-4-6-13(12)14(15)11-16/h3-8,11H,2,9-10H2,1H3. The molecule has 0 spiro atoms. The average Bonchev–Trinajstić information content (AvgIpc) is 2.43. The predicted octanol–water partition coefficient (Wildman–Crippen LogP) is 3.78. The van der Waals surface area contributed by atoms with Crippen molar-refractivity contribution in [2.24, 2.45) is 0 Å². The zero-order valence-electron chi connectivity index (χ0n) is 10.4. The third kappa shape index (κ3) is 2.85. The first-order valence-corrected chi connectivity index (χ1v) is 7.19. The highest BCUT2D eigenvalue weighted by Crippen LogP contribution is 2.26. The van der Waals surface area contributed by atoms with Gasteiger partial charge in [-0.05, 0) is 22.6 Å². The van der Waals surface area contributed by atoms with Gasteiger partial charge in [-0.3, -0.25) is 4.79 Å². The maximum Gasteiger partial charge on any atom is 0.154 e. The fourth-order valence-electron chi connectivity index (χ4n) is 1.88. The Balaban J connectivity index is 2.24. The highest BCUT2D eigenvalue weighted by Gasteiger charge is 2.07. The van der Waals surface area contributed by atoms with E-state index in [1.54, 1.807) is 0 Å². The van der Waals surface area contributed by atoms with Crippen molar-refractivity contribution in [1.82, 2.24) is 0 Å². The lowest BCUT2D eigenvalue weighted by molar-refractivity contribution is 0.112. The van der Waals surface area contributed by atoms with Crippen molar-refractivity contribution in [3.05, 3.63) is 42.0 Å². The van der Waals surface area contributed by atoms with Crippen molar-refractivity contribution in [1.29, 1.82) is 0 Å². The molecule has 0 atom stereocenters. The maximum atomic E-state index is 11.2. The number of carbonyl (C=O) groups excluding carboxylic acids is 1. The third-order valence-electron chi connectivity index (χ3n) is 2.74. The van der Waals surface area contributed by atoms with Crippen molar-refractivity contribution in [3.63, 3.8) is 0 Å². The molecule has 18 heavy (non-hydrogen) atoms. The second-order valence-electron chi connectivity index (χ2n) is 3.86. The zero-order chi connectivity index (χ0) is 12.8. The van der Waals surface area contributed by atoms with Gasteiger partial charge < -0.3 is 4.74 Å². The molecule has 0 amide bonds. The molecule has 0 radical (unpaired) electrons. The van der Waals surface area contributed by atoms with Crippen LogP contribution < -0.4 is 4.74 Å². The monoisotopic (exact) mass is 260 g/mol. The van der Waals surface area contributed by atoms with E-state index in [1.165, 1.54) is 0 Å². The molecule has 0 bridgehead atoms. The van der Waals surface area contributed by atoms with Gasteiger partial charge in [-0.1, -0.05) is 37.3 Å². The minimum absolute atomic E-state index is 0.637. The van der Waals surface area contributed by atoms with Crippen LogP contribution in [0.25, 0.3) is 10.8 Å². The summed E-state index contributed by atoms with van der Waals surface area (Å²) in [7, 11) is 0. The molecule has 0 saturated heterocycles. The summed E-state index contributed by atoms with van der Waals surface area (Å²) in [5.41, 5.74) is 0.648. The van der Waals surface area contributed by atoms with Crippen LogP contribution in [0, 0.1) is 0 Å². The highest BCUT2D eigenvalue weighted by atomic mass is 32.2. The van der Waals surface area contributed by atoms with Crippen molar-refractivity contribution < 1.29 is 9.53 Å². The topological polar surface area (TPSA) is 26.3 Å². The summed E-state index contributed by atoms with van der Waals surface area (Å²) in [6.07, 6.45) is 0.880. The summed E-state index contributed by atoms with van der Waals surface area (Å²) in [6.45, 7) is 2.76. The van der Waals surface area contributed by atoms with Gasteiger partial charge >= 0.3 is 0 Å². The molecule has 0 aliphatic carbocycles. The van der Waals surface area contributed by atoms with Crippen molar-refractivity contribution in [2.75, 3.05) is 18.1 Å². The molecule has 0 N–H and O–H groups in total. The van der Waals surface area contributed by atoms with Gasteiger partial charge in [0.05, 0.1) is 12.2 Å². The second-order valence-corrected chi connectivity index (χ2v) is 5.26. The molecule has 3 heteroatoms. The molecule has 94 valence electrons. The first kappa shape index (κ1) is 13.0. The molecule has 2 nitrogen and oxygen atoms in total. The van der Waals surface area contributed by atoms with Crippen LogP contribution in [0.15, 0.2) is 36.4 Å². The van der Waals surface area contributed by atoms with E-state index in [2.05, 4.69) is 6.92 Å². The van der Waals surface area contributed by atoms with Gasteiger partial charge in [0.2, 0.25) is 0 Å². The molecule has 0 heterocycles. The number of aldehydes is 1. The van der Waals surface area contributed by atoms with E-state index in [0.29, 0.717) is 17.9 Å². The van der Waals surface area contributed by atoms with Crippen LogP contribution in [0.1, 0.15) is 17.3 Å². The second kappa shape index (κ2) is 6.45. The fraction of sp³-hybridized carbons (Fsp3) is 0.267. The first-order valence-electron chi connectivity index (χ1n) is 6.04. The van der Waals surface area contributed by atoms with Gasteiger partial charge in [0.15, 0.2) is 6.29 Å². The normalized spacial score (nSPS) is 10.5. The predicted molar refractivity (Wildman–Crippen MR) is 77.8 cm³/mol. The number of carbonyl (C=O) groups is 1. The van der Waals surface area contributed by atoms with Gasteiger partial charge in [0.1, 0.15) is 5.75 Å². The molecule has 2 rings (SSSR count). The van der Waals surface area contributed by atoms with Gasteiger partial charge in [-0.15, -0.1) is 0 Å². The molecular weight excluding hydrogens is 244 g/mol. The van der Waals surface area contributed by atoms with Gasteiger partial charge in [-0.25, -0.2) is 0 Å².